The van der Waals surface area contributed by atoms with Crippen molar-refractivity contribution < 1.29 is 9.90 Å². The lowest BCUT2D eigenvalue weighted by molar-refractivity contribution is 0.0697. The van der Waals surface area contributed by atoms with Gasteiger partial charge in [-0.1, -0.05) is 6.07 Å². The molecule has 0 heterocycles. The van der Waals surface area contributed by atoms with E-state index in [4.69, 9.17) is 0 Å². The van der Waals surface area contributed by atoms with Crippen molar-refractivity contribution in [1.29, 1.82) is 0 Å². The molecule has 0 unspecified atom stereocenters. The highest BCUT2D eigenvalue weighted by Gasteiger charge is 2.35. The van der Waals surface area contributed by atoms with E-state index in [9.17, 15) is 9.90 Å². The fraction of sp³-hybridized carbons (Fsp3) is 0.533. The standard InChI is InChI=1S/C15H19NO2/c1-10-2-7-13(15(17)18)14(8-10)16(12-5-6-12)9-11-3-4-11/h2,7-8,11-12H,3-6,9H2,1H3,(H,17,18). The number of benzene rings is 1. The normalized spacial score (nSPS) is 18.7. The quantitative estimate of drug-likeness (QED) is 0.866. The molecule has 0 saturated heterocycles. The summed E-state index contributed by atoms with van der Waals surface area (Å²) in [5, 5.41) is 9.33. The number of aromatic carboxylic acids is 1. The lowest BCUT2D eigenvalue weighted by Gasteiger charge is -2.26. The molecule has 0 aliphatic heterocycles. The maximum Gasteiger partial charge on any atom is 0.337 e. The van der Waals surface area contributed by atoms with Gasteiger partial charge in [0.1, 0.15) is 0 Å². The zero-order valence-electron chi connectivity index (χ0n) is 10.7. The molecule has 0 amide bonds. The smallest absolute Gasteiger partial charge is 0.337 e. The Balaban J connectivity index is 1.95. The minimum atomic E-state index is -0.813. The van der Waals surface area contributed by atoms with Crippen molar-refractivity contribution in [2.24, 2.45) is 5.92 Å². The van der Waals surface area contributed by atoms with Crippen LogP contribution < -0.4 is 4.90 Å². The maximum atomic E-state index is 11.4. The second-order valence-corrected chi connectivity index (χ2v) is 5.65. The van der Waals surface area contributed by atoms with Gasteiger partial charge in [0.15, 0.2) is 0 Å². The Morgan fingerprint density at radius 1 is 1.33 bits per heavy atom. The van der Waals surface area contributed by atoms with Crippen molar-refractivity contribution in [3.8, 4) is 0 Å². The first-order valence-electron chi connectivity index (χ1n) is 6.76. The summed E-state index contributed by atoms with van der Waals surface area (Å²) in [6.07, 6.45) is 5.02. The summed E-state index contributed by atoms with van der Waals surface area (Å²) in [5.74, 6) is -0.0285. The molecule has 0 spiro atoms. The minimum absolute atomic E-state index is 0.452. The molecular weight excluding hydrogens is 226 g/mol. The SMILES string of the molecule is Cc1ccc(C(=O)O)c(N(CC2CC2)C2CC2)c1. The fourth-order valence-corrected chi connectivity index (χ4v) is 2.47. The molecule has 0 aromatic heterocycles. The highest BCUT2D eigenvalue weighted by Crippen LogP contribution is 2.39. The number of carbonyl (C=O) groups is 1. The first-order valence-corrected chi connectivity index (χ1v) is 6.76. The number of hydrogen-bond acceptors (Lipinski definition) is 2. The van der Waals surface area contributed by atoms with Gasteiger partial charge in [-0.05, 0) is 56.2 Å². The summed E-state index contributed by atoms with van der Waals surface area (Å²) < 4.78 is 0. The van der Waals surface area contributed by atoms with Crippen LogP contribution in [0.5, 0.6) is 0 Å². The summed E-state index contributed by atoms with van der Waals surface area (Å²) in [4.78, 5) is 13.7. The van der Waals surface area contributed by atoms with E-state index in [0.717, 1.165) is 23.7 Å². The van der Waals surface area contributed by atoms with Crippen LogP contribution in [-0.4, -0.2) is 23.7 Å². The summed E-state index contributed by atoms with van der Waals surface area (Å²) in [7, 11) is 0. The van der Waals surface area contributed by atoms with Crippen LogP contribution in [0, 0.1) is 12.8 Å². The van der Waals surface area contributed by atoms with Gasteiger partial charge in [0.05, 0.1) is 11.3 Å². The van der Waals surface area contributed by atoms with Crippen LogP contribution in [0.1, 0.15) is 41.6 Å². The van der Waals surface area contributed by atoms with E-state index < -0.39 is 5.97 Å². The predicted octanol–water partition coefficient (Wildman–Crippen LogP) is 3.07. The fourth-order valence-electron chi connectivity index (χ4n) is 2.47. The number of nitrogens with zero attached hydrogens (tertiary/aromatic N) is 1. The van der Waals surface area contributed by atoms with Crippen LogP contribution >= 0.6 is 0 Å². The Hall–Kier alpha value is -1.51. The molecule has 1 aromatic carbocycles. The lowest BCUT2D eigenvalue weighted by Crippen LogP contribution is -2.29. The summed E-state index contributed by atoms with van der Waals surface area (Å²) in [5.41, 5.74) is 2.52. The third kappa shape index (κ3) is 2.35. The van der Waals surface area contributed by atoms with Crippen molar-refractivity contribution in [3.63, 3.8) is 0 Å². The van der Waals surface area contributed by atoms with Gasteiger partial charge in [-0.2, -0.15) is 0 Å². The monoisotopic (exact) mass is 245 g/mol. The molecule has 3 heteroatoms. The zero-order valence-corrected chi connectivity index (χ0v) is 10.7. The van der Waals surface area contributed by atoms with Gasteiger partial charge >= 0.3 is 5.97 Å². The van der Waals surface area contributed by atoms with Crippen LogP contribution in [0.2, 0.25) is 0 Å². The van der Waals surface area contributed by atoms with Gasteiger partial charge in [0.25, 0.3) is 0 Å². The van der Waals surface area contributed by atoms with Gasteiger partial charge in [0, 0.05) is 12.6 Å². The molecule has 1 aromatic rings. The van der Waals surface area contributed by atoms with E-state index in [1.54, 1.807) is 6.07 Å². The number of rotatable bonds is 5. The molecule has 0 bridgehead atoms. The number of aryl methyl sites for hydroxylation is 1. The van der Waals surface area contributed by atoms with E-state index in [1.807, 2.05) is 19.1 Å². The van der Waals surface area contributed by atoms with E-state index in [-0.39, 0.29) is 0 Å². The summed E-state index contributed by atoms with van der Waals surface area (Å²) in [6.45, 7) is 3.06. The van der Waals surface area contributed by atoms with Crippen molar-refractivity contribution in [3.05, 3.63) is 29.3 Å². The van der Waals surface area contributed by atoms with Crippen LogP contribution in [0.25, 0.3) is 0 Å². The first-order chi connectivity index (χ1) is 8.65. The predicted molar refractivity (Wildman–Crippen MR) is 71.2 cm³/mol. The Kier molecular flexibility index (Phi) is 2.77. The van der Waals surface area contributed by atoms with Gasteiger partial charge in [-0.25, -0.2) is 4.79 Å². The number of carboxylic acids is 1. The molecule has 0 atom stereocenters. The Labute approximate surface area is 107 Å². The highest BCUT2D eigenvalue weighted by atomic mass is 16.4. The van der Waals surface area contributed by atoms with Gasteiger partial charge in [-0.15, -0.1) is 0 Å². The van der Waals surface area contributed by atoms with Gasteiger partial charge in [-0.3, -0.25) is 0 Å². The van der Waals surface area contributed by atoms with E-state index in [0.29, 0.717) is 11.6 Å². The number of anilines is 1. The van der Waals surface area contributed by atoms with Gasteiger partial charge in [0.2, 0.25) is 0 Å². The Morgan fingerprint density at radius 3 is 2.61 bits per heavy atom. The molecule has 3 nitrogen and oxygen atoms in total. The van der Waals surface area contributed by atoms with Crippen molar-refractivity contribution in [2.75, 3.05) is 11.4 Å². The molecule has 2 fully saturated rings. The zero-order chi connectivity index (χ0) is 12.7. The van der Waals surface area contributed by atoms with E-state index >= 15 is 0 Å². The number of hydrogen-bond donors (Lipinski definition) is 1. The van der Waals surface area contributed by atoms with Crippen molar-refractivity contribution >= 4 is 11.7 Å². The third-order valence-electron chi connectivity index (χ3n) is 3.83. The molecule has 1 N–H and O–H groups in total. The first kappa shape index (κ1) is 11.6. The molecular formula is C15H19NO2. The highest BCUT2D eigenvalue weighted by molar-refractivity contribution is 5.94. The summed E-state index contributed by atoms with van der Waals surface area (Å²) in [6, 6.07) is 6.24. The molecule has 2 aliphatic carbocycles. The average Bonchev–Trinajstić information content (AvgIpc) is 3.18. The van der Waals surface area contributed by atoms with Gasteiger partial charge < -0.3 is 10.0 Å². The topological polar surface area (TPSA) is 40.5 Å². The lowest BCUT2D eigenvalue weighted by atomic mass is 10.1. The van der Waals surface area contributed by atoms with Crippen LogP contribution in [0.3, 0.4) is 0 Å². The largest absolute Gasteiger partial charge is 0.478 e. The van der Waals surface area contributed by atoms with Crippen molar-refractivity contribution in [2.45, 2.75) is 38.6 Å². The molecule has 18 heavy (non-hydrogen) atoms. The Bertz CT molecular complexity index is 475. The van der Waals surface area contributed by atoms with Crippen molar-refractivity contribution in [1.82, 2.24) is 0 Å². The molecule has 0 radical (unpaired) electrons. The molecule has 3 rings (SSSR count). The molecule has 96 valence electrons. The molecule has 2 saturated carbocycles. The Morgan fingerprint density at radius 2 is 2.06 bits per heavy atom. The minimum Gasteiger partial charge on any atom is -0.478 e. The second kappa shape index (κ2) is 4.30. The van der Waals surface area contributed by atoms with Crippen LogP contribution in [0.4, 0.5) is 5.69 Å². The average molecular weight is 245 g/mol. The van der Waals surface area contributed by atoms with Crippen LogP contribution in [0.15, 0.2) is 18.2 Å². The molecule has 2 aliphatic rings. The summed E-state index contributed by atoms with van der Waals surface area (Å²) >= 11 is 0. The second-order valence-electron chi connectivity index (χ2n) is 5.65. The van der Waals surface area contributed by atoms with E-state index in [1.165, 1.54) is 25.7 Å². The maximum absolute atomic E-state index is 11.4. The van der Waals surface area contributed by atoms with Crippen LogP contribution in [-0.2, 0) is 0 Å². The number of carboxylic acid groups (broad SMARTS) is 1. The third-order valence-corrected chi connectivity index (χ3v) is 3.83. The van der Waals surface area contributed by atoms with E-state index in [2.05, 4.69) is 4.90 Å².